The Morgan fingerprint density at radius 3 is 2.56 bits per heavy atom. The Balaban J connectivity index is 2.16. The highest BCUT2D eigenvalue weighted by Gasteiger charge is 1.99. The molecule has 0 spiro atoms. The highest BCUT2D eigenvalue weighted by molar-refractivity contribution is 9.10. The summed E-state index contributed by atoms with van der Waals surface area (Å²) >= 11 is 3.40. The summed E-state index contributed by atoms with van der Waals surface area (Å²) in [5.41, 5.74) is 6.50. The van der Waals surface area contributed by atoms with Gasteiger partial charge in [0.1, 0.15) is 0 Å². The number of aryl methyl sites for hydroxylation is 1. The van der Waals surface area contributed by atoms with Crippen molar-refractivity contribution in [2.24, 2.45) is 0 Å². The first-order valence-corrected chi connectivity index (χ1v) is 6.21. The predicted octanol–water partition coefficient (Wildman–Crippen LogP) is 2.41. The molecule has 0 aliphatic rings. The molecular weight excluding hydrogens is 268 g/mol. The second-order valence-corrected chi connectivity index (χ2v) is 4.55. The Hall–Kier alpha value is -0.870. The normalized spacial score (nSPS) is 10.1. The minimum atomic E-state index is 0.0540. The van der Waals surface area contributed by atoms with Crippen LogP contribution in [0.2, 0.25) is 0 Å². The first kappa shape index (κ1) is 13.2. The van der Waals surface area contributed by atoms with Gasteiger partial charge in [-0.3, -0.25) is 10.2 Å². The minimum absolute atomic E-state index is 0.0540. The number of carbonyl (C=O) groups excluding carboxylic acids is 1. The zero-order valence-electron chi connectivity index (χ0n) is 9.42. The quantitative estimate of drug-likeness (QED) is 0.622. The van der Waals surface area contributed by atoms with E-state index in [1.807, 2.05) is 12.1 Å². The van der Waals surface area contributed by atoms with E-state index >= 15 is 0 Å². The second-order valence-electron chi connectivity index (χ2n) is 3.63. The number of benzene rings is 1. The van der Waals surface area contributed by atoms with Crippen molar-refractivity contribution in [1.29, 1.82) is 0 Å². The molecule has 16 heavy (non-hydrogen) atoms. The molecule has 0 aliphatic heterocycles. The number of rotatable bonds is 6. The molecule has 1 rings (SSSR count). The van der Waals surface area contributed by atoms with Crippen LogP contribution in [0.5, 0.6) is 0 Å². The van der Waals surface area contributed by atoms with E-state index < -0.39 is 0 Å². The third-order valence-electron chi connectivity index (χ3n) is 2.30. The van der Waals surface area contributed by atoms with Gasteiger partial charge in [0.05, 0.1) is 0 Å². The zero-order chi connectivity index (χ0) is 11.8. The van der Waals surface area contributed by atoms with Crippen LogP contribution in [0.3, 0.4) is 0 Å². The minimum Gasteiger partial charge on any atom is -0.292 e. The molecule has 88 valence electrons. The van der Waals surface area contributed by atoms with Crippen molar-refractivity contribution < 1.29 is 4.79 Å². The third-order valence-corrected chi connectivity index (χ3v) is 2.83. The number of amides is 1. The largest absolute Gasteiger partial charge is 0.292 e. The average molecular weight is 285 g/mol. The van der Waals surface area contributed by atoms with Crippen LogP contribution in [0, 0.1) is 0 Å². The van der Waals surface area contributed by atoms with Crippen molar-refractivity contribution in [3.63, 3.8) is 0 Å². The lowest BCUT2D eigenvalue weighted by molar-refractivity contribution is -0.122. The maximum absolute atomic E-state index is 11.1. The fourth-order valence-electron chi connectivity index (χ4n) is 1.47. The number of carbonyl (C=O) groups is 1. The van der Waals surface area contributed by atoms with Gasteiger partial charge in [0.2, 0.25) is 5.91 Å². The SMILES string of the molecule is CNNC(=O)CCCCc1ccc(Br)cc1. The van der Waals surface area contributed by atoms with Crippen LogP contribution in [-0.4, -0.2) is 13.0 Å². The summed E-state index contributed by atoms with van der Waals surface area (Å²) in [6.45, 7) is 0. The molecule has 1 aromatic carbocycles. The molecule has 1 aromatic rings. The van der Waals surface area contributed by atoms with Crippen molar-refractivity contribution >= 4 is 21.8 Å². The number of hydrogen-bond donors (Lipinski definition) is 2. The van der Waals surface area contributed by atoms with Crippen LogP contribution in [0.1, 0.15) is 24.8 Å². The van der Waals surface area contributed by atoms with E-state index in [2.05, 4.69) is 38.9 Å². The topological polar surface area (TPSA) is 41.1 Å². The van der Waals surface area contributed by atoms with Crippen LogP contribution in [0.15, 0.2) is 28.7 Å². The van der Waals surface area contributed by atoms with Crippen LogP contribution in [0.25, 0.3) is 0 Å². The predicted molar refractivity (Wildman–Crippen MR) is 68.9 cm³/mol. The van der Waals surface area contributed by atoms with Gasteiger partial charge in [-0.05, 0) is 37.0 Å². The van der Waals surface area contributed by atoms with E-state index in [-0.39, 0.29) is 5.91 Å². The highest BCUT2D eigenvalue weighted by atomic mass is 79.9. The molecule has 1 amide bonds. The van der Waals surface area contributed by atoms with Gasteiger partial charge in [0.25, 0.3) is 0 Å². The van der Waals surface area contributed by atoms with Crippen molar-refractivity contribution in [3.05, 3.63) is 34.3 Å². The van der Waals surface area contributed by atoms with Gasteiger partial charge >= 0.3 is 0 Å². The number of hydrogen-bond acceptors (Lipinski definition) is 2. The summed E-state index contributed by atoms with van der Waals surface area (Å²) in [5, 5.41) is 0. The molecule has 0 heterocycles. The smallest absolute Gasteiger partial charge is 0.234 e. The van der Waals surface area contributed by atoms with Crippen LogP contribution in [0.4, 0.5) is 0 Å². The van der Waals surface area contributed by atoms with Gasteiger partial charge in [0, 0.05) is 17.9 Å². The molecule has 4 heteroatoms. The third kappa shape index (κ3) is 5.28. The lowest BCUT2D eigenvalue weighted by atomic mass is 10.1. The van der Waals surface area contributed by atoms with E-state index in [0.29, 0.717) is 6.42 Å². The number of hydrazine groups is 1. The van der Waals surface area contributed by atoms with Crippen LogP contribution >= 0.6 is 15.9 Å². The molecule has 0 aromatic heterocycles. The van der Waals surface area contributed by atoms with Gasteiger partial charge in [-0.15, -0.1) is 0 Å². The van der Waals surface area contributed by atoms with E-state index in [1.165, 1.54) is 5.56 Å². The van der Waals surface area contributed by atoms with Crippen LogP contribution in [-0.2, 0) is 11.2 Å². The van der Waals surface area contributed by atoms with Gasteiger partial charge in [-0.2, -0.15) is 0 Å². The molecule has 0 aliphatic carbocycles. The number of nitrogens with one attached hydrogen (secondary N) is 2. The molecule has 0 bridgehead atoms. The standard InChI is InChI=1S/C12H17BrN2O/c1-14-15-12(16)5-3-2-4-10-6-8-11(13)9-7-10/h6-9,14H,2-5H2,1H3,(H,15,16). The van der Waals surface area contributed by atoms with E-state index in [9.17, 15) is 4.79 Å². The van der Waals surface area contributed by atoms with Crippen molar-refractivity contribution in [2.45, 2.75) is 25.7 Å². The zero-order valence-corrected chi connectivity index (χ0v) is 11.0. The molecular formula is C12H17BrN2O. The van der Waals surface area contributed by atoms with Gasteiger partial charge in [-0.25, -0.2) is 5.43 Å². The molecule has 0 radical (unpaired) electrons. The summed E-state index contributed by atoms with van der Waals surface area (Å²) < 4.78 is 1.10. The summed E-state index contributed by atoms with van der Waals surface area (Å²) in [5.74, 6) is 0.0540. The van der Waals surface area contributed by atoms with Crippen molar-refractivity contribution in [2.75, 3.05) is 7.05 Å². The van der Waals surface area contributed by atoms with Gasteiger partial charge in [-0.1, -0.05) is 28.1 Å². The van der Waals surface area contributed by atoms with Gasteiger partial charge in [0.15, 0.2) is 0 Å². The molecule has 0 saturated heterocycles. The Morgan fingerprint density at radius 1 is 1.25 bits per heavy atom. The summed E-state index contributed by atoms with van der Waals surface area (Å²) in [6.07, 6.45) is 3.57. The maximum Gasteiger partial charge on any atom is 0.234 e. The maximum atomic E-state index is 11.1. The molecule has 3 nitrogen and oxygen atoms in total. The fourth-order valence-corrected chi connectivity index (χ4v) is 1.73. The Labute approximate surface area is 105 Å². The summed E-state index contributed by atoms with van der Waals surface area (Å²) in [7, 11) is 1.69. The fraction of sp³-hybridized carbons (Fsp3) is 0.417. The summed E-state index contributed by atoms with van der Waals surface area (Å²) in [6, 6.07) is 8.31. The number of halogens is 1. The second kappa shape index (κ2) is 7.41. The Kier molecular flexibility index (Phi) is 6.11. The highest BCUT2D eigenvalue weighted by Crippen LogP contribution is 2.12. The number of unbranched alkanes of at least 4 members (excludes halogenated alkanes) is 1. The molecule has 0 unspecified atom stereocenters. The van der Waals surface area contributed by atoms with E-state index in [1.54, 1.807) is 7.05 Å². The van der Waals surface area contributed by atoms with Crippen molar-refractivity contribution in [1.82, 2.24) is 10.9 Å². The van der Waals surface area contributed by atoms with E-state index in [4.69, 9.17) is 0 Å². The van der Waals surface area contributed by atoms with E-state index in [0.717, 1.165) is 23.7 Å². The lowest BCUT2D eigenvalue weighted by Crippen LogP contribution is -2.33. The van der Waals surface area contributed by atoms with Gasteiger partial charge < -0.3 is 0 Å². The summed E-state index contributed by atoms with van der Waals surface area (Å²) in [4.78, 5) is 11.1. The Morgan fingerprint density at radius 2 is 1.94 bits per heavy atom. The lowest BCUT2D eigenvalue weighted by Gasteiger charge is -2.03. The molecule has 2 N–H and O–H groups in total. The first-order chi connectivity index (χ1) is 7.72. The molecule has 0 saturated carbocycles. The monoisotopic (exact) mass is 284 g/mol. The molecule has 0 fully saturated rings. The van der Waals surface area contributed by atoms with Crippen molar-refractivity contribution in [3.8, 4) is 0 Å². The first-order valence-electron chi connectivity index (χ1n) is 5.42. The Bertz CT molecular complexity index is 324. The average Bonchev–Trinajstić information content (AvgIpc) is 2.27. The van der Waals surface area contributed by atoms with Crippen LogP contribution < -0.4 is 10.9 Å². The molecule has 0 atom stereocenters.